The van der Waals surface area contributed by atoms with Gasteiger partial charge in [-0.1, -0.05) is 0 Å². The highest BCUT2D eigenvalue weighted by atomic mass is 32.2. The standard InChI is InChI=1S/C15H17NO5S2/c1-11(2)16-12-3-5-13(6-4-12)22(17,18)14-7-9-15(10-8-14)23(19,20)21/h3-11,16H,1-2H3,(H,19,20,21). The van der Waals surface area contributed by atoms with Crippen LogP contribution in [-0.2, 0) is 20.0 Å². The van der Waals surface area contributed by atoms with Crippen molar-refractivity contribution in [1.29, 1.82) is 0 Å². The number of rotatable bonds is 5. The summed E-state index contributed by atoms with van der Waals surface area (Å²) in [5.41, 5.74) is 0.806. The molecule has 124 valence electrons. The Labute approximate surface area is 135 Å². The van der Waals surface area contributed by atoms with Gasteiger partial charge >= 0.3 is 0 Å². The molecule has 0 aliphatic carbocycles. The first-order chi connectivity index (χ1) is 10.6. The van der Waals surface area contributed by atoms with Gasteiger partial charge in [0.1, 0.15) is 0 Å². The van der Waals surface area contributed by atoms with Gasteiger partial charge in [0.2, 0.25) is 9.84 Å². The molecule has 2 aromatic rings. The number of hydrogen-bond donors (Lipinski definition) is 2. The van der Waals surface area contributed by atoms with E-state index in [0.29, 0.717) is 0 Å². The lowest BCUT2D eigenvalue weighted by atomic mass is 10.3. The number of nitrogens with one attached hydrogen (secondary N) is 1. The van der Waals surface area contributed by atoms with Crippen molar-refractivity contribution >= 4 is 25.6 Å². The molecule has 0 heterocycles. The normalized spacial score (nSPS) is 12.3. The van der Waals surface area contributed by atoms with E-state index >= 15 is 0 Å². The van der Waals surface area contributed by atoms with E-state index < -0.39 is 20.0 Å². The molecule has 0 spiro atoms. The van der Waals surface area contributed by atoms with Crippen LogP contribution >= 0.6 is 0 Å². The lowest BCUT2D eigenvalue weighted by Crippen LogP contribution is -2.09. The zero-order valence-corrected chi connectivity index (χ0v) is 14.2. The Balaban J connectivity index is 2.34. The summed E-state index contributed by atoms with van der Waals surface area (Å²) in [7, 11) is -8.10. The summed E-state index contributed by atoms with van der Waals surface area (Å²) in [5, 5.41) is 3.16. The van der Waals surface area contributed by atoms with Gasteiger partial charge in [-0.05, 0) is 62.4 Å². The van der Waals surface area contributed by atoms with E-state index in [1.807, 2.05) is 13.8 Å². The van der Waals surface area contributed by atoms with E-state index in [0.717, 1.165) is 30.0 Å². The smallest absolute Gasteiger partial charge is 0.294 e. The highest BCUT2D eigenvalue weighted by Crippen LogP contribution is 2.23. The summed E-state index contributed by atoms with van der Waals surface area (Å²) in [6.07, 6.45) is 0. The fourth-order valence-corrected chi connectivity index (χ4v) is 3.73. The van der Waals surface area contributed by atoms with Gasteiger partial charge in [-0.25, -0.2) is 8.42 Å². The molecule has 2 rings (SSSR count). The Hall–Kier alpha value is -1.90. The summed E-state index contributed by atoms with van der Waals surface area (Å²) in [5.74, 6) is 0. The number of sulfone groups is 1. The van der Waals surface area contributed by atoms with Crippen LogP contribution in [-0.4, -0.2) is 27.4 Å². The molecule has 6 nitrogen and oxygen atoms in total. The van der Waals surface area contributed by atoms with Gasteiger partial charge < -0.3 is 5.32 Å². The van der Waals surface area contributed by atoms with Crippen LogP contribution < -0.4 is 5.32 Å². The zero-order chi connectivity index (χ0) is 17.3. The molecule has 8 heteroatoms. The summed E-state index contributed by atoms with van der Waals surface area (Å²) in [6.45, 7) is 3.95. The monoisotopic (exact) mass is 355 g/mol. The van der Waals surface area contributed by atoms with Crippen LogP contribution in [0.1, 0.15) is 13.8 Å². The third kappa shape index (κ3) is 4.10. The van der Waals surface area contributed by atoms with Crippen LogP contribution in [0.5, 0.6) is 0 Å². The summed E-state index contributed by atoms with van der Waals surface area (Å²) < 4.78 is 55.9. The average Bonchev–Trinajstić information content (AvgIpc) is 2.46. The van der Waals surface area contributed by atoms with Crippen molar-refractivity contribution in [1.82, 2.24) is 0 Å². The summed E-state index contributed by atoms with van der Waals surface area (Å²) in [6, 6.07) is 10.9. The fourth-order valence-electron chi connectivity index (χ4n) is 1.99. The van der Waals surface area contributed by atoms with Crippen LogP contribution in [0.2, 0.25) is 0 Å². The Morgan fingerprint density at radius 1 is 0.783 bits per heavy atom. The largest absolute Gasteiger partial charge is 0.383 e. The number of benzene rings is 2. The van der Waals surface area contributed by atoms with Crippen molar-refractivity contribution in [3.63, 3.8) is 0 Å². The Bertz CT molecular complexity index is 884. The van der Waals surface area contributed by atoms with Gasteiger partial charge in [0.05, 0.1) is 14.7 Å². The Kier molecular flexibility index (Phi) is 4.79. The minimum absolute atomic E-state index is 0.0468. The van der Waals surface area contributed by atoms with Crippen LogP contribution in [0.4, 0.5) is 5.69 Å². The third-order valence-electron chi connectivity index (χ3n) is 3.05. The highest BCUT2D eigenvalue weighted by molar-refractivity contribution is 7.91. The predicted molar refractivity (Wildman–Crippen MR) is 86.9 cm³/mol. The minimum atomic E-state index is -4.35. The zero-order valence-electron chi connectivity index (χ0n) is 12.6. The van der Waals surface area contributed by atoms with Crippen molar-refractivity contribution in [3.05, 3.63) is 48.5 Å². The van der Waals surface area contributed by atoms with E-state index in [2.05, 4.69) is 5.32 Å². The molecule has 0 amide bonds. The maximum absolute atomic E-state index is 12.5. The van der Waals surface area contributed by atoms with Crippen molar-refractivity contribution in [2.45, 2.75) is 34.6 Å². The van der Waals surface area contributed by atoms with Crippen LogP contribution in [0.15, 0.2) is 63.2 Å². The molecular formula is C15H17NO5S2. The van der Waals surface area contributed by atoms with Gasteiger partial charge in [0.25, 0.3) is 10.1 Å². The molecular weight excluding hydrogens is 338 g/mol. The predicted octanol–water partition coefficient (Wildman–Crippen LogP) is 2.59. The number of anilines is 1. The molecule has 0 aliphatic heterocycles. The Morgan fingerprint density at radius 3 is 1.57 bits per heavy atom. The van der Waals surface area contributed by atoms with Gasteiger partial charge in [0, 0.05) is 11.7 Å². The van der Waals surface area contributed by atoms with Crippen molar-refractivity contribution in [3.8, 4) is 0 Å². The fraction of sp³-hybridized carbons (Fsp3) is 0.200. The van der Waals surface area contributed by atoms with Gasteiger partial charge in [0.15, 0.2) is 0 Å². The van der Waals surface area contributed by atoms with Crippen molar-refractivity contribution in [2.75, 3.05) is 5.32 Å². The molecule has 2 aromatic carbocycles. The van der Waals surface area contributed by atoms with E-state index in [1.54, 1.807) is 12.1 Å². The molecule has 0 saturated heterocycles. The van der Waals surface area contributed by atoms with Gasteiger partial charge in [-0.15, -0.1) is 0 Å². The van der Waals surface area contributed by atoms with Crippen LogP contribution in [0.3, 0.4) is 0 Å². The maximum atomic E-state index is 12.5. The molecule has 0 bridgehead atoms. The van der Waals surface area contributed by atoms with Gasteiger partial charge in [-0.3, -0.25) is 4.55 Å². The molecule has 0 aliphatic rings. The molecule has 0 radical (unpaired) electrons. The maximum Gasteiger partial charge on any atom is 0.294 e. The second kappa shape index (κ2) is 6.31. The average molecular weight is 355 g/mol. The minimum Gasteiger partial charge on any atom is -0.383 e. The second-order valence-electron chi connectivity index (χ2n) is 5.27. The molecule has 0 fully saturated rings. The van der Waals surface area contributed by atoms with Crippen molar-refractivity contribution < 1.29 is 21.4 Å². The summed E-state index contributed by atoms with van der Waals surface area (Å²) >= 11 is 0. The molecule has 0 atom stereocenters. The van der Waals surface area contributed by atoms with E-state index in [9.17, 15) is 16.8 Å². The van der Waals surface area contributed by atoms with E-state index in [-0.39, 0.29) is 20.7 Å². The molecule has 0 aromatic heterocycles. The molecule has 2 N–H and O–H groups in total. The lowest BCUT2D eigenvalue weighted by molar-refractivity contribution is 0.483. The van der Waals surface area contributed by atoms with E-state index in [1.165, 1.54) is 12.1 Å². The molecule has 23 heavy (non-hydrogen) atoms. The first-order valence-electron chi connectivity index (χ1n) is 6.80. The highest BCUT2D eigenvalue weighted by Gasteiger charge is 2.19. The first-order valence-corrected chi connectivity index (χ1v) is 9.72. The van der Waals surface area contributed by atoms with Crippen molar-refractivity contribution in [2.24, 2.45) is 0 Å². The molecule has 0 saturated carbocycles. The quantitative estimate of drug-likeness (QED) is 0.800. The topological polar surface area (TPSA) is 101 Å². The second-order valence-corrected chi connectivity index (χ2v) is 8.64. The number of hydrogen-bond acceptors (Lipinski definition) is 5. The van der Waals surface area contributed by atoms with Gasteiger partial charge in [-0.2, -0.15) is 8.42 Å². The first kappa shape index (κ1) is 17.5. The third-order valence-corrected chi connectivity index (χ3v) is 5.71. The van der Waals surface area contributed by atoms with E-state index in [4.69, 9.17) is 4.55 Å². The van der Waals surface area contributed by atoms with Crippen LogP contribution in [0.25, 0.3) is 0 Å². The Morgan fingerprint density at radius 2 is 1.17 bits per heavy atom. The molecule has 0 unspecified atom stereocenters. The summed E-state index contributed by atoms with van der Waals surface area (Å²) in [4.78, 5) is -0.297. The SMILES string of the molecule is CC(C)Nc1ccc(S(=O)(=O)c2ccc(S(=O)(=O)O)cc2)cc1. The van der Waals surface area contributed by atoms with Crippen LogP contribution in [0, 0.1) is 0 Å². The lowest BCUT2D eigenvalue weighted by Gasteiger charge is -2.11.